The Kier molecular flexibility index (Phi) is 4.35. The average Bonchev–Trinajstić information content (AvgIpc) is 2.61. The van der Waals surface area contributed by atoms with E-state index in [1.54, 1.807) is 48.5 Å². The van der Waals surface area contributed by atoms with Crippen molar-refractivity contribution in [2.24, 2.45) is 0 Å². The highest BCUT2D eigenvalue weighted by Gasteiger charge is 2.07. The fourth-order valence-corrected chi connectivity index (χ4v) is 2.64. The van der Waals surface area contributed by atoms with E-state index in [2.05, 4.69) is 6.92 Å². The number of hydrogen-bond donors (Lipinski definition) is 2. The molecule has 0 amide bonds. The van der Waals surface area contributed by atoms with E-state index in [0.29, 0.717) is 0 Å². The van der Waals surface area contributed by atoms with Crippen LogP contribution in [0.3, 0.4) is 0 Å². The third-order valence-corrected chi connectivity index (χ3v) is 3.92. The Labute approximate surface area is 145 Å². The summed E-state index contributed by atoms with van der Waals surface area (Å²) < 4.78 is 0. The summed E-state index contributed by atoms with van der Waals surface area (Å²) in [5, 5.41) is 18.0. The first-order valence-corrected chi connectivity index (χ1v) is 7.58. The number of hydrogen-bond acceptors (Lipinski definition) is 2. The summed E-state index contributed by atoms with van der Waals surface area (Å²) in [6.07, 6.45) is 0. The van der Waals surface area contributed by atoms with Crippen LogP contribution < -0.4 is 0 Å². The van der Waals surface area contributed by atoms with Gasteiger partial charge >= 0.3 is 11.9 Å². The molecule has 3 aromatic rings. The van der Waals surface area contributed by atoms with Gasteiger partial charge in [0.05, 0.1) is 11.1 Å². The van der Waals surface area contributed by atoms with E-state index in [-0.39, 0.29) is 11.1 Å². The fraction of sp³-hybridized carbons (Fsp3) is 0. The Morgan fingerprint density at radius 1 is 0.600 bits per heavy atom. The van der Waals surface area contributed by atoms with Gasteiger partial charge in [0.2, 0.25) is 0 Å². The van der Waals surface area contributed by atoms with Gasteiger partial charge in [-0.05, 0) is 65.1 Å². The monoisotopic (exact) mass is 331 g/mol. The minimum Gasteiger partial charge on any atom is -0.478 e. The van der Waals surface area contributed by atoms with Crippen LogP contribution >= 0.6 is 0 Å². The van der Waals surface area contributed by atoms with Crippen molar-refractivity contribution in [3.8, 4) is 22.3 Å². The zero-order valence-corrected chi connectivity index (χ0v) is 13.3. The molecule has 0 aromatic heterocycles. The molecule has 0 aliphatic carbocycles. The summed E-state index contributed by atoms with van der Waals surface area (Å²) in [5.41, 5.74) is 4.90. The normalized spacial score (nSPS) is 10.4. The fourth-order valence-electron chi connectivity index (χ4n) is 2.64. The summed E-state index contributed by atoms with van der Waals surface area (Å²) in [7, 11) is 0. The van der Waals surface area contributed by atoms with E-state index in [4.69, 9.17) is 10.2 Å². The number of carbonyl (C=O) groups is 2. The molecule has 25 heavy (non-hydrogen) atoms. The van der Waals surface area contributed by atoms with Crippen LogP contribution in [0.4, 0.5) is 0 Å². The number of carboxylic acids is 2. The molecule has 0 fully saturated rings. The standard InChI is InChI=1S/C21H15O4/c1-13-10-18(14-2-6-16(7-3-14)20(22)23)12-19(11-13)15-4-8-17(9-5-15)21(24)25/h2-12H,1H2,(H,22,23)(H,24,25). The predicted molar refractivity (Wildman–Crippen MR) is 95.7 cm³/mol. The smallest absolute Gasteiger partial charge is 0.335 e. The topological polar surface area (TPSA) is 74.6 Å². The van der Waals surface area contributed by atoms with Gasteiger partial charge in [0.15, 0.2) is 0 Å². The van der Waals surface area contributed by atoms with Crippen molar-refractivity contribution in [2.45, 2.75) is 0 Å². The van der Waals surface area contributed by atoms with Crippen LogP contribution in [0.2, 0.25) is 0 Å². The van der Waals surface area contributed by atoms with Gasteiger partial charge in [0.1, 0.15) is 0 Å². The SMILES string of the molecule is [CH2]c1cc(-c2ccc(C(=O)O)cc2)cc(-c2ccc(C(=O)O)cc2)c1. The van der Waals surface area contributed by atoms with Gasteiger partial charge < -0.3 is 10.2 Å². The summed E-state index contributed by atoms with van der Waals surface area (Å²) in [4.78, 5) is 21.9. The second-order valence-electron chi connectivity index (χ2n) is 5.68. The molecular formula is C21H15O4. The molecule has 3 aromatic carbocycles. The summed E-state index contributed by atoms with van der Waals surface area (Å²) in [6, 6.07) is 19.1. The quantitative estimate of drug-likeness (QED) is 0.733. The highest BCUT2D eigenvalue weighted by molar-refractivity contribution is 5.89. The van der Waals surface area contributed by atoms with Gasteiger partial charge in [0, 0.05) is 0 Å². The molecule has 0 saturated carbocycles. The Morgan fingerprint density at radius 3 is 1.28 bits per heavy atom. The van der Waals surface area contributed by atoms with Crippen LogP contribution in [0.5, 0.6) is 0 Å². The van der Waals surface area contributed by atoms with Gasteiger partial charge in [-0.2, -0.15) is 0 Å². The number of aromatic carboxylic acids is 2. The first-order chi connectivity index (χ1) is 11.9. The van der Waals surface area contributed by atoms with Crippen molar-refractivity contribution in [3.63, 3.8) is 0 Å². The van der Waals surface area contributed by atoms with Crippen molar-refractivity contribution in [1.82, 2.24) is 0 Å². The van der Waals surface area contributed by atoms with Crippen LogP contribution in [0.1, 0.15) is 26.3 Å². The average molecular weight is 331 g/mol. The molecule has 1 radical (unpaired) electrons. The number of carboxylic acid groups (broad SMARTS) is 2. The Hall–Kier alpha value is -3.40. The first kappa shape index (κ1) is 16.5. The predicted octanol–water partition coefficient (Wildman–Crippen LogP) is 4.60. The first-order valence-electron chi connectivity index (χ1n) is 7.58. The number of benzene rings is 3. The van der Waals surface area contributed by atoms with Crippen molar-refractivity contribution in [2.75, 3.05) is 0 Å². The van der Waals surface area contributed by atoms with E-state index in [1.807, 2.05) is 18.2 Å². The molecule has 3 rings (SSSR count). The number of rotatable bonds is 4. The van der Waals surface area contributed by atoms with E-state index in [9.17, 15) is 9.59 Å². The Balaban J connectivity index is 2.00. The summed E-state index contributed by atoms with van der Waals surface area (Å²) in [5.74, 6) is -1.92. The van der Waals surface area contributed by atoms with Crippen LogP contribution in [0.15, 0.2) is 66.7 Å². The molecular weight excluding hydrogens is 316 g/mol. The maximum Gasteiger partial charge on any atom is 0.335 e. The highest BCUT2D eigenvalue weighted by Crippen LogP contribution is 2.28. The van der Waals surface area contributed by atoms with Crippen molar-refractivity contribution >= 4 is 11.9 Å². The third-order valence-electron chi connectivity index (χ3n) is 3.92. The minimum atomic E-state index is -0.961. The highest BCUT2D eigenvalue weighted by atomic mass is 16.4. The van der Waals surface area contributed by atoms with Crippen LogP contribution in [0, 0.1) is 6.92 Å². The zero-order chi connectivity index (χ0) is 18.0. The van der Waals surface area contributed by atoms with Crippen molar-refractivity contribution < 1.29 is 19.8 Å². The second kappa shape index (κ2) is 6.61. The molecule has 0 saturated heterocycles. The third kappa shape index (κ3) is 3.58. The van der Waals surface area contributed by atoms with Gasteiger partial charge in [0.25, 0.3) is 0 Å². The molecule has 0 aliphatic heterocycles. The Morgan fingerprint density at radius 2 is 0.960 bits per heavy atom. The lowest BCUT2D eigenvalue weighted by molar-refractivity contribution is 0.0686. The molecule has 0 bridgehead atoms. The zero-order valence-electron chi connectivity index (χ0n) is 13.3. The molecule has 2 N–H and O–H groups in total. The minimum absolute atomic E-state index is 0.235. The lowest BCUT2D eigenvalue weighted by Crippen LogP contribution is -1.95. The van der Waals surface area contributed by atoms with E-state index in [1.165, 1.54) is 0 Å². The van der Waals surface area contributed by atoms with Crippen molar-refractivity contribution in [1.29, 1.82) is 0 Å². The molecule has 0 atom stereocenters. The van der Waals surface area contributed by atoms with E-state index < -0.39 is 11.9 Å². The van der Waals surface area contributed by atoms with E-state index >= 15 is 0 Å². The molecule has 4 nitrogen and oxygen atoms in total. The van der Waals surface area contributed by atoms with Gasteiger partial charge in [-0.1, -0.05) is 36.4 Å². The van der Waals surface area contributed by atoms with Crippen LogP contribution in [0.25, 0.3) is 22.3 Å². The summed E-state index contributed by atoms with van der Waals surface area (Å²) in [6.45, 7) is 4.00. The second-order valence-corrected chi connectivity index (χ2v) is 5.68. The molecule has 123 valence electrons. The van der Waals surface area contributed by atoms with Crippen LogP contribution in [-0.2, 0) is 0 Å². The van der Waals surface area contributed by atoms with Crippen molar-refractivity contribution in [3.05, 3.63) is 90.3 Å². The molecule has 0 spiro atoms. The lowest BCUT2D eigenvalue weighted by atomic mass is 9.95. The summed E-state index contributed by atoms with van der Waals surface area (Å²) >= 11 is 0. The van der Waals surface area contributed by atoms with Gasteiger partial charge in [-0.3, -0.25) is 0 Å². The maximum atomic E-state index is 11.0. The van der Waals surface area contributed by atoms with Gasteiger partial charge in [-0.15, -0.1) is 0 Å². The maximum absolute atomic E-state index is 11.0. The van der Waals surface area contributed by atoms with E-state index in [0.717, 1.165) is 27.8 Å². The Bertz CT molecular complexity index is 863. The molecule has 0 aliphatic rings. The largest absolute Gasteiger partial charge is 0.478 e. The van der Waals surface area contributed by atoms with Gasteiger partial charge in [-0.25, -0.2) is 9.59 Å². The molecule has 0 unspecified atom stereocenters. The lowest BCUT2D eigenvalue weighted by Gasteiger charge is -2.09. The molecule has 0 heterocycles. The molecule has 4 heteroatoms. The van der Waals surface area contributed by atoms with Crippen LogP contribution in [-0.4, -0.2) is 22.2 Å².